The summed E-state index contributed by atoms with van der Waals surface area (Å²) in [6, 6.07) is 0.635. The third-order valence-electron chi connectivity index (χ3n) is 3.62. The Labute approximate surface area is 114 Å². The minimum atomic E-state index is 0.475. The summed E-state index contributed by atoms with van der Waals surface area (Å²) in [6.07, 6.45) is 4.84. The fourth-order valence-corrected chi connectivity index (χ4v) is 2.68. The first-order valence-corrected chi connectivity index (χ1v) is 7.17. The predicted molar refractivity (Wildman–Crippen MR) is 75.1 cm³/mol. The molecule has 1 fully saturated rings. The van der Waals surface area contributed by atoms with Crippen LogP contribution in [-0.4, -0.2) is 47.1 Å². The first kappa shape index (κ1) is 13.6. The molecular weight excluding hydrogens is 248 g/mol. The number of alkyl halides is 1. The maximum Gasteiger partial charge on any atom is 0.225 e. The Balaban J connectivity index is 1.99. The van der Waals surface area contributed by atoms with Gasteiger partial charge in [-0.15, -0.1) is 11.6 Å². The molecule has 1 atom stereocenters. The number of nitrogens with zero attached hydrogens (tertiary/aromatic N) is 4. The van der Waals surface area contributed by atoms with Crippen molar-refractivity contribution in [2.24, 2.45) is 0 Å². The second-order valence-corrected chi connectivity index (χ2v) is 4.90. The lowest BCUT2D eigenvalue weighted by molar-refractivity contribution is 0.232. The van der Waals surface area contributed by atoms with Crippen molar-refractivity contribution in [1.82, 2.24) is 14.9 Å². The van der Waals surface area contributed by atoms with E-state index in [1.807, 2.05) is 12.4 Å². The number of anilines is 1. The maximum absolute atomic E-state index is 5.74. The Morgan fingerprint density at radius 2 is 2.00 bits per heavy atom. The number of halogens is 1. The second-order valence-electron chi connectivity index (χ2n) is 4.63. The fourth-order valence-electron chi connectivity index (χ4n) is 2.54. The molecule has 0 aromatic carbocycles. The molecule has 0 bridgehead atoms. The van der Waals surface area contributed by atoms with Gasteiger partial charge in [-0.3, -0.25) is 4.90 Å². The van der Waals surface area contributed by atoms with E-state index in [2.05, 4.69) is 33.6 Å². The molecular formula is C13H21ClN4. The van der Waals surface area contributed by atoms with Crippen LogP contribution in [0.1, 0.15) is 25.8 Å². The smallest absolute Gasteiger partial charge is 0.225 e. The van der Waals surface area contributed by atoms with Gasteiger partial charge in [0.2, 0.25) is 5.95 Å². The van der Waals surface area contributed by atoms with Crippen molar-refractivity contribution in [2.75, 3.05) is 31.1 Å². The van der Waals surface area contributed by atoms with E-state index in [0.29, 0.717) is 11.9 Å². The molecule has 0 amide bonds. The topological polar surface area (TPSA) is 32.3 Å². The Morgan fingerprint density at radius 1 is 1.33 bits per heavy atom. The highest BCUT2D eigenvalue weighted by atomic mass is 35.5. The van der Waals surface area contributed by atoms with E-state index in [1.54, 1.807) is 0 Å². The summed E-state index contributed by atoms with van der Waals surface area (Å²) in [7, 11) is 0. The lowest BCUT2D eigenvalue weighted by Crippen LogP contribution is -2.37. The van der Waals surface area contributed by atoms with E-state index in [9.17, 15) is 0 Å². The van der Waals surface area contributed by atoms with Crippen molar-refractivity contribution < 1.29 is 0 Å². The lowest BCUT2D eigenvalue weighted by atomic mass is 10.2. The standard InChI is InChI=1S/C13H21ClN4/c1-3-17(4-2)12-5-6-18(10-12)13-15-8-11(7-14)9-16-13/h8-9,12H,3-7,10H2,1-2H3. The number of hydrogen-bond donors (Lipinski definition) is 0. The highest BCUT2D eigenvalue weighted by molar-refractivity contribution is 6.17. The summed E-state index contributed by atoms with van der Waals surface area (Å²) in [5.74, 6) is 1.31. The van der Waals surface area contributed by atoms with Crippen LogP contribution in [0.25, 0.3) is 0 Å². The van der Waals surface area contributed by atoms with Crippen LogP contribution in [0.5, 0.6) is 0 Å². The Bertz CT molecular complexity index is 364. The van der Waals surface area contributed by atoms with Gasteiger partial charge >= 0.3 is 0 Å². The molecule has 18 heavy (non-hydrogen) atoms. The minimum Gasteiger partial charge on any atom is -0.339 e. The number of aromatic nitrogens is 2. The van der Waals surface area contributed by atoms with Crippen LogP contribution in [0.15, 0.2) is 12.4 Å². The van der Waals surface area contributed by atoms with Gasteiger partial charge in [-0.1, -0.05) is 13.8 Å². The molecule has 1 aliphatic heterocycles. The molecule has 0 saturated carbocycles. The van der Waals surface area contributed by atoms with Crippen molar-refractivity contribution in [2.45, 2.75) is 32.2 Å². The molecule has 1 aromatic rings. The van der Waals surface area contributed by atoms with Gasteiger partial charge in [-0.05, 0) is 19.5 Å². The van der Waals surface area contributed by atoms with Crippen LogP contribution in [0.3, 0.4) is 0 Å². The summed E-state index contributed by atoms with van der Waals surface area (Å²) in [4.78, 5) is 13.5. The van der Waals surface area contributed by atoms with Gasteiger partial charge in [-0.2, -0.15) is 0 Å². The first-order valence-electron chi connectivity index (χ1n) is 6.64. The van der Waals surface area contributed by atoms with Crippen LogP contribution < -0.4 is 4.90 Å². The van der Waals surface area contributed by atoms with Gasteiger partial charge in [0.25, 0.3) is 0 Å². The maximum atomic E-state index is 5.74. The van der Waals surface area contributed by atoms with E-state index < -0.39 is 0 Å². The van der Waals surface area contributed by atoms with E-state index in [4.69, 9.17) is 11.6 Å². The molecule has 1 aromatic heterocycles. The zero-order valence-corrected chi connectivity index (χ0v) is 11.9. The molecule has 2 heterocycles. The molecule has 0 aliphatic carbocycles. The summed E-state index contributed by atoms with van der Waals surface area (Å²) in [5, 5.41) is 0. The quantitative estimate of drug-likeness (QED) is 0.766. The molecule has 0 spiro atoms. The molecule has 4 nitrogen and oxygen atoms in total. The molecule has 100 valence electrons. The Hall–Kier alpha value is -0.870. The molecule has 1 aliphatic rings. The fraction of sp³-hybridized carbons (Fsp3) is 0.692. The zero-order valence-electron chi connectivity index (χ0n) is 11.1. The van der Waals surface area contributed by atoms with E-state index in [1.165, 1.54) is 6.42 Å². The van der Waals surface area contributed by atoms with Crippen LogP contribution in [-0.2, 0) is 5.88 Å². The molecule has 0 radical (unpaired) electrons. The van der Waals surface area contributed by atoms with Gasteiger partial charge in [0.1, 0.15) is 0 Å². The predicted octanol–water partition coefficient (Wildman–Crippen LogP) is 2.14. The van der Waals surface area contributed by atoms with Crippen molar-refractivity contribution in [1.29, 1.82) is 0 Å². The van der Waals surface area contributed by atoms with Crippen LogP contribution in [0.4, 0.5) is 5.95 Å². The molecule has 2 rings (SSSR count). The van der Waals surface area contributed by atoms with Crippen LogP contribution >= 0.6 is 11.6 Å². The van der Waals surface area contributed by atoms with Crippen molar-refractivity contribution in [3.8, 4) is 0 Å². The van der Waals surface area contributed by atoms with Crippen molar-refractivity contribution in [3.05, 3.63) is 18.0 Å². The highest BCUT2D eigenvalue weighted by Crippen LogP contribution is 2.19. The monoisotopic (exact) mass is 268 g/mol. The lowest BCUT2D eigenvalue weighted by Gasteiger charge is -2.26. The Kier molecular flexibility index (Phi) is 4.78. The van der Waals surface area contributed by atoms with Gasteiger partial charge < -0.3 is 4.90 Å². The number of likely N-dealkylation sites (N-methyl/N-ethyl adjacent to an activating group) is 1. The number of rotatable bonds is 5. The molecule has 1 saturated heterocycles. The van der Waals surface area contributed by atoms with E-state index >= 15 is 0 Å². The average Bonchev–Trinajstić information content (AvgIpc) is 2.90. The summed E-state index contributed by atoms with van der Waals surface area (Å²) in [6.45, 7) is 8.74. The van der Waals surface area contributed by atoms with Gasteiger partial charge in [0.05, 0.1) is 5.88 Å². The van der Waals surface area contributed by atoms with Crippen LogP contribution in [0.2, 0.25) is 0 Å². The summed E-state index contributed by atoms with van der Waals surface area (Å²) >= 11 is 5.74. The highest BCUT2D eigenvalue weighted by Gasteiger charge is 2.27. The molecule has 1 unspecified atom stereocenters. The SMILES string of the molecule is CCN(CC)C1CCN(c2ncc(CCl)cn2)C1. The average molecular weight is 269 g/mol. The van der Waals surface area contributed by atoms with Gasteiger partial charge in [0.15, 0.2) is 0 Å². The first-order chi connectivity index (χ1) is 8.78. The van der Waals surface area contributed by atoms with Gasteiger partial charge in [0, 0.05) is 37.1 Å². The van der Waals surface area contributed by atoms with Crippen LogP contribution in [0, 0.1) is 0 Å². The number of hydrogen-bond acceptors (Lipinski definition) is 4. The second kappa shape index (κ2) is 6.34. The van der Waals surface area contributed by atoms with Crippen molar-refractivity contribution >= 4 is 17.5 Å². The van der Waals surface area contributed by atoms with Crippen molar-refractivity contribution in [3.63, 3.8) is 0 Å². The Morgan fingerprint density at radius 3 is 2.56 bits per heavy atom. The van der Waals surface area contributed by atoms with E-state index in [0.717, 1.165) is 37.7 Å². The normalized spacial score (nSPS) is 19.8. The molecule has 5 heteroatoms. The van der Waals surface area contributed by atoms with E-state index in [-0.39, 0.29) is 0 Å². The third-order valence-corrected chi connectivity index (χ3v) is 3.93. The molecule has 0 N–H and O–H groups in total. The van der Waals surface area contributed by atoms with Gasteiger partial charge in [-0.25, -0.2) is 9.97 Å². The summed E-state index contributed by atoms with van der Waals surface area (Å²) in [5.41, 5.74) is 0.972. The third kappa shape index (κ3) is 2.93. The minimum absolute atomic E-state index is 0.475. The zero-order chi connectivity index (χ0) is 13.0. The summed E-state index contributed by atoms with van der Waals surface area (Å²) < 4.78 is 0. The largest absolute Gasteiger partial charge is 0.339 e.